The SMILES string of the molecule is O=C1CCCc2cc(S(=O)(=O)NC[C@H](c3c(F)cccc3Cl)N3CCCC3)ccc2N1. The number of rotatable bonds is 6. The summed E-state index contributed by atoms with van der Waals surface area (Å²) in [6.07, 6.45) is 3.66. The lowest BCUT2D eigenvalue weighted by Crippen LogP contribution is -2.37. The lowest BCUT2D eigenvalue weighted by Gasteiger charge is -2.29. The van der Waals surface area contributed by atoms with Crippen LogP contribution in [-0.2, 0) is 21.2 Å². The molecule has 6 nitrogen and oxygen atoms in total. The Morgan fingerprint density at radius 2 is 1.90 bits per heavy atom. The number of fused-ring (bicyclic) bond motifs is 1. The highest BCUT2D eigenvalue weighted by Gasteiger charge is 2.29. The Hall–Kier alpha value is -2.00. The van der Waals surface area contributed by atoms with Crippen molar-refractivity contribution in [1.82, 2.24) is 9.62 Å². The maximum absolute atomic E-state index is 14.6. The molecule has 0 aromatic heterocycles. The van der Waals surface area contributed by atoms with Crippen molar-refractivity contribution in [2.24, 2.45) is 0 Å². The van der Waals surface area contributed by atoms with E-state index in [0.29, 0.717) is 30.5 Å². The van der Waals surface area contributed by atoms with Gasteiger partial charge < -0.3 is 5.32 Å². The summed E-state index contributed by atoms with van der Waals surface area (Å²) in [6.45, 7) is 1.53. The number of nitrogens with zero attached hydrogens (tertiary/aromatic N) is 1. The Balaban J connectivity index is 1.58. The molecule has 2 aromatic carbocycles. The van der Waals surface area contributed by atoms with Gasteiger partial charge in [0.05, 0.1) is 10.9 Å². The second-order valence-corrected chi connectivity index (χ2v) is 10.1. The smallest absolute Gasteiger partial charge is 0.240 e. The first kappa shape index (κ1) is 22.2. The predicted molar refractivity (Wildman–Crippen MR) is 118 cm³/mol. The predicted octanol–water partition coefficient (Wildman–Crippen LogP) is 3.87. The quantitative estimate of drug-likeness (QED) is 0.678. The van der Waals surface area contributed by atoms with E-state index in [1.54, 1.807) is 24.3 Å². The van der Waals surface area contributed by atoms with Gasteiger partial charge in [0.1, 0.15) is 5.82 Å². The van der Waals surface area contributed by atoms with E-state index >= 15 is 0 Å². The molecule has 31 heavy (non-hydrogen) atoms. The second-order valence-electron chi connectivity index (χ2n) is 7.97. The molecule has 0 bridgehead atoms. The number of benzene rings is 2. The number of aryl methyl sites for hydroxylation is 1. The van der Waals surface area contributed by atoms with Crippen LogP contribution in [0.3, 0.4) is 0 Å². The summed E-state index contributed by atoms with van der Waals surface area (Å²) < 4.78 is 43.4. The fourth-order valence-electron chi connectivity index (χ4n) is 4.29. The molecule has 0 spiro atoms. The van der Waals surface area contributed by atoms with Crippen LogP contribution in [0.1, 0.15) is 42.9 Å². The first-order valence-corrected chi connectivity index (χ1v) is 12.3. The van der Waals surface area contributed by atoms with Crippen LogP contribution < -0.4 is 10.0 Å². The number of sulfonamides is 1. The van der Waals surface area contributed by atoms with Crippen molar-refractivity contribution in [3.63, 3.8) is 0 Å². The average molecular weight is 466 g/mol. The molecule has 2 N–H and O–H groups in total. The number of carbonyl (C=O) groups excluding carboxylic acids is 1. The monoisotopic (exact) mass is 465 g/mol. The molecule has 1 atom stereocenters. The number of likely N-dealkylation sites (tertiary alicyclic amines) is 1. The van der Waals surface area contributed by atoms with Gasteiger partial charge in [-0.05, 0) is 74.7 Å². The van der Waals surface area contributed by atoms with Gasteiger partial charge in [0.25, 0.3) is 0 Å². The summed E-state index contributed by atoms with van der Waals surface area (Å²) in [4.78, 5) is 13.9. The molecule has 4 rings (SSSR count). The van der Waals surface area contributed by atoms with Crippen molar-refractivity contribution in [1.29, 1.82) is 0 Å². The topological polar surface area (TPSA) is 78.5 Å². The van der Waals surface area contributed by atoms with E-state index in [1.807, 2.05) is 0 Å². The van der Waals surface area contributed by atoms with E-state index in [2.05, 4.69) is 14.9 Å². The first-order valence-electron chi connectivity index (χ1n) is 10.5. The summed E-state index contributed by atoms with van der Waals surface area (Å²) in [5, 5.41) is 3.09. The minimum Gasteiger partial charge on any atom is -0.326 e. The lowest BCUT2D eigenvalue weighted by atomic mass is 10.0. The molecule has 1 amide bonds. The maximum Gasteiger partial charge on any atom is 0.240 e. The van der Waals surface area contributed by atoms with Gasteiger partial charge in [0, 0.05) is 29.2 Å². The van der Waals surface area contributed by atoms with E-state index in [9.17, 15) is 17.6 Å². The summed E-state index contributed by atoms with van der Waals surface area (Å²) in [7, 11) is -3.83. The first-order chi connectivity index (χ1) is 14.8. The van der Waals surface area contributed by atoms with Crippen LogP contribution in [0.2, 0.25) is 5.02 Å². The van der Waals surface area contributed by atoms with Gasteiger partial charge in [0.15, 0.2) is 0 Å². The third-order valence-corrected chi connectivity index (χ3v) is 7.64. The summed E-state index contributed by atoms with van der Waals surface area (Å²) in [5.41, 5.74) is 1.76. The van der Waals surface area contributed by atoms with Gasteiger partial charge in [-0.25, -0.2) is 17.5 Å². The van der Waals surface area contributed by atoms with E-state index in [4.69, 9.17) is 11.6 Å². The fraction of sp³-hybridized carbons (Fsp3) is 0.409. The van der Waals surface area contributed by atoms with E-state index in [1.165, 1.54) is 12.1 Å². The summed E-state index contributed by atoms with van der Waals surface area (Å²) >= 11 is 6.30. The Labute approximate surface area is 186 Å². The normalized spacial score (nSPS) is 18.3. The van der Waals surface area contributed by atoms with Crippen LogP contribution in [0.5, 0.6) is 0 Å². The minimum absolute atomic E-state index is 0.0107. The van der Waals surface area contributed by atoms with Crippen LogP contribution in [0.15, 0.2) is 41.3 Å². The Bertz CT molecular complexity index is 1070. The average Bonchev–Trinajstić information content (AvgIpc) is 3.18. The molecule has 2 aromatic rings. The lowest BCUT2D eigenvalue weighted by molar-refractivity contribution is -0.116. The van der Waals surface area contributed by atoms with Gasteiger partial charge in [-0.3, -0.25) is 9.69 Å². The zero-order valence-corrected chi connectivity index (χ0v) is 18.6. The molecule has 0 saturated carbocycles. The second kappa shape index (κ2) is 9.24. The van der Waals surface area contributed by atoms with Crippen molar-refractivity contribution < 1.29 is 17.6 Å². The van der Waals surface area contributed by atoms with Crippen LogP contribution in [-0.4, -0.2) is 38.9 Å². The summed E-state index contributed by atoms with van der Waals surface area (Å²) in [5.74, 6) is -0.507. The minimum atomic E-state index is -3.83. The number of nitrogens with one attached hydrogen (secondary N) is 2. The molecule has 2 aliphatic heterocycles. The molecule has 0 unspecified atom stereocenters. The van der Waals surface area contributed by atoms with Crippen LogP contribution in [0.4, 0.5) is 10.1 Å². The van der Waals surface area contributed by atoms with Crippen molar-refractivity contribution in [2.75, 3.05) is 25.0 Å². The molecule has 0 aliphatic carbocycles. The number of halogens is 2. The van der Waals surface area contributed by atoms with E-state index in [0.717, 1.165) is 31.5 Å². The highest BCUT2D eigenvalue weighted by Crippen LogP contribution is 2.32. The number of hydrogen-bond donors (Lipinski definition) is 2. The van der Waals surface area contributed by atoms with Crippen molar-refractivity contribution in [3.05, 3.63) is 58.4 Å². The van der Waals surface area contributed by atoms with Gasteiger partial charge in [-0.1, -0.05) is 17.7 Å². The highest BCUT2D eigenvalue weighted by atomic mass is 35.5. The Morgan fingerprint density at radius 1 is 1.13 bits per heavy atom. The zero-order chi connectivity index (χ0) is 22.0. The standard InChI is InChI=1S/C22H25ClFN3O3S/c23-17-6-4-7-18(24)22(17)20(27-11-1-2-12-27)14-25-31(29,30)16-9-10-19-15(13-16)5-3-8-21(28)26-19/h4,6-7,9-10,13,20,25H,1-3,5,8,11-12,14H2,(H,26,28)/t20-/m1/s1. The summed E-state index contributed by atoms with van der Waals surface area (Å²) in [6, 6.07) is 8.72. The molecule has 1 saturated heterocycles. The van der Waals surface area contributed by atoms with Gasteiger partial charge in [-0.2, -0.15) is 0 Å². The fourth-order valence-corrected chi connectivity index (χ4v) is 5.66. The number of anilines is 1. The van der Waals surface area contributed by atoms with E-state index < -0.39 is 21.9 Å². The van der Waals surface area contributed by atoms with Crippen molar-refractivity contribution >= 4 is 33.2 Å². The van der Waals surface area contributed by atoms with Crippen LogP contribution in [0, 0.1) is 5.82 Å². The van der Waals surface area contributed by atoms with Crippen molar-refractivity contribution in [3.8, 4) is 0 Å². The third-order valence-electron chi connectivity index (χ3n) is 5.89. The number of amides is 1. The third kappa shape index (κ3) is 4.92. The Morgan fingerprint density at radius 3 is 2.65 bits per heavy atom. The largest absolute Gasteiger partial charge is 0.326 e. The number of hydrogen-bond acceptors (Lipinski definition) is 4. The van der Waals surface area contributed by atoms with Gasteiger partial charge in [-0.15, -0.1) is 0 Å². The Kier molecular flexibility index (Phi) is 6.62. The molecular formula is C22H25ClFN3O3S. The van der Waals surface area contributed by atoms with Crippen molar-refractivity contribution in [2.45, 2.75) is 43.0 Å². The van der Waals surface area contributed by atoms with Gasteiger partial charge in [0.2, 0.25) is 15.9 Å². The zero-order valence-electron chi connectivity index (χ0n) is 17.0. The van der Waals surface area contributed by atoms with Crippen LogP contribution in [0.25, 0.3) is 0 Å². The molecule has 0 radical (unpaired) electrons. The molecule has 9 heteroatoms. The molecule has 2 aliphatic rings. The molecule has 166 valence electrons. The van der Waals surface area contributed by atoms with Gasteiger partial charge >= 0.3 is 0 Å². The molecule has 1 fully saturated rings. The molecular weight excluding hydrogens is 441 g/mol. The van der Waals surface area contributed by atoms with Crippen LogP contribution >= 0.6 is 11.6 Å². The molecule has 2 heterocycles. The number of carbonyl (C=O) groups is 1. The maximum atomic E-state index is 14.6. The highest BCUT2D eigenvalue weighted by molar-refractivity contribution is 7.89. The van der Waals surface area contributed by atoms with E-state index in [-0.39, 0.29) is 22.4 Å².